The third-order valence-corrected chi connectivity index (χ3v) is 5.46. The topological polar surface area (TPSA) is 58.2 Å². The van der Waals surface area contributed by atoms with Gasteiger partial charge < -0.3 is 10.6 Å². The smallest absolute Gasteiger partial charge is 0.251 e. The van der Waals surface area contributed by atoms with Gasteiger partial charge in [-0.15, -0.1) is 0 Å². The summed E-state index contributed by atoms with van der Waals surface area (Å²) in [6, 6.07) is 27.8. The van der Waals surface area contributed by atoms with E-state index >= 15 is 0 Å². The molecule has 0 heterocycles. The number of nitrogens with one attached hydrogen (secondary N) is 2. The van der Waals surface area contributed by atoms with Crippen molar-refractivity contribution in [3.8, 4) is 0 Å². The van der Waals surface area contributed by atoms with Gasteiger partial charge in [0.05, 0.1) is 6.04 Å². The second-order valence-corrected chi connectivity index (χ2v) is 7.92. The lowest BCUT2D eigenvalue weighted by Gasteiger charge is -2.24. The summed E-state index contributed by atoms with van der Waals surface area (Å²) in [5.41, 5.74) is 2.53. The third kappa shape index (κ3) is 5.97. The van der Waals surface area contributed by atoms with E-state index in [2.05, 4.69) is 10.6 Å². The molecule has 2 N–H and O–H groups in total. The van der Waals surface area contributed by atoms with Crippen molar-refractivity contribution in [2.45, 2.75) is 18.5 Å². The van der Waals surface area contributed by atoms with Crippen LogP contribution in [0.1, 0.15) is 33.9 Å². The standard InChI is InChI=1S/C25H26N2O2S/c1-30-18-17-22(26-24(28)21-15-9-4-10-16-21)25(29)27-23(19-11-5-2-6-12-19)20-13-7-3-8-14-20/h2-16,22-23H,17-18H2,1H3,(H,26,28)(H,27,29)/t22-/m0/s1. The SMILES string of the molecule is CSCC[C@H](NC(=O)c1ccccc1)C(=O)NC(c1ccccc1)c1ccccc1. The van der Waals surface area contributed by atoms with Gasteiger partial charge in [-0.05, 0) is 41.7 Å². The Bertz CT molecular complexity index is 894. The van der Waals surface area contributed by atoms with Gasteiger partial charge in [-0.2, -0.15) is 11.8 Å². The quantitative estimate of drug-likeness (QED) is 0.540. The van der Waals surface area contributed by atoms with Crippen LogP contribution in [0.2, 0.25) is 0 Å². The molecule has 3 aromatic carbocycles. The van der Waals surface area contributed by atoms with Crippen LogP contribution < -0.4 is 10.6 Å². The molecule has 0 radical (unpaired) electrons. The molecule has 0 aliphatic heterocycles. The van der Waals surface area contributed by atoms with Crippen LogP contribution in [-0.2, 0) is 4.79 Å². The van der Waals surface area contributed by atoms with Crippen molar-refractivity contribution in [2.24, 2.45) is 0 Å². The second kappa shape index (κ2) is 11.2. The van der Waals surface area contributed by atoms with Gasteiger partial charge in [0.1, 0.15) is 6.04 Å². The number of carbonyl (C=O) groups is 2. The van der Waals surface area contributed by atoms with Gasteiger partial charge in [0, 0.05) is 5.56 Å². The molecule has 0 saturated carbocycles. The van der Waals surface area contributed by atoms with Crippen molar-refractivity contribution in [3.05, 3.63) is 108 Å². The maximum absolute atomic E-state index is 13.2. The van der Waals surface area contributed by atoms with Gasteiger partial charge in [0.2, 0.25) is 5.91 Å². The van der Waals surface area contributed by atoms with Gasteiger partial charge in [0.25, 0.3) is 5.91 Å². The Balaban J connectivity index is 1.80. The zero-order chi connectivity index (χ0) is 21.2. The summed E-state index contributed by atoms with van der Waals surface area (Å²) in [6.45, 7) is 0. The molecule has 0 unspecified atom stereocenters. The fourth-order valence-corrected chi connectivity index (χ4v) is 3.70. The fourth-order valence-electron chi connectivity index (χ4n) is 3.23. The molecule has 0 fully saturated rings. The minimum atomic E-state index is -0.611. The first-order valence-corrected chi connectivity index (χ1v) is 11.3. The summed E-state index contributed by atoms with van der Waals surface area (Å²) in [4.78, 5) is 25.9. The number of hydrogen-bond donors (Lipinski definition) is 2. The summed E-state index contributed by atoms with van der Waals surface area (Å²) >= 11 is 1.65. The average Bonchev–Trinajstić information content (AvgIpc) is 2.81. The summed E-state index contributed by atoms with van der Waals surface area (Å²) in [5.74, 6) is 0.341. The molecule has 0 aromatic heterocycles. The molecule has 5 heteroatoms. The first-order valence-electron chi connectivity index (χ1n) is 9.94. The lowest BCUT2D eigenvalue weighted by molar-refractivity contribution is -0.123. The molecule has 30 heavy (non-hydrogen) atoms. The van der Waals surface area contributed by atoms with Crippen molar-refractivity contribution >= 4 is 23.6 Å². The normalized spacial score (nSPS) is 11.7. The Hall–Kier alpha value is -3.05. The molecule has 4 nitrogen and oxygen atoms in total. The predicted octanol–water partition coefficient (Wildman–Crippen LogP) is 4.44. The van der Waals surface area contributed by atoms with Gasteiger partial charge in [-0.1, -0.05) is 78.9 Å². The molecule has 3 aromatic rings. The van der Waals surface area contributed by atoms with E-state index in [4.69, 9.17) is 0 Å². The van der Waals surface area contributed by atoms with Crippen LogP contribution >= 0.6 is 11.8 Å². The predicted molar refractivity (Wildman–Crippen MR) is 124 cm³/mol. The number of benzene rings is 3. The van der Waals surface area contributed by atoms with Gasteiger partial charge in [-0.25, -0.2) is 0 Å². The van der Waals surface area contributed by atoms with Crippen LogP contribution in [0, 0.1) is 0 Å². The molecule has 0 aliphatic rings. The highest BCUT2D eigenvalue weighted by atomic mass is 32.2. The van der Waals surface area contributed by atoms with Crippen LogP contribution in [0.5, 0.6) is 0 Å². The lowest BCUT2D eigenvalue weighted by atomic mass is 9.98. The van der Waals surface area contributed by atoms with Crippen molar-refractivity contribution in [1.82, 2.24) is 10.6 Å². The first-order chi connectivity index (χ1) is 14.7. The van der Waals surface area contributed by atoms with E-state index in [-0.39, 0.29) is 17.9 Å². The highest BCUT2D eigenvalue weighted by Gasteiger charge is 2.25. The second-order valence-electron chi connectivity index (χ2n) is 6.94. The molecule has 0 saturated heterocycles. The van der Waals surface area contributed by atoms with Crippen molar-refractivity contribution in [2.75, 3.05) is 12.0 Å². The molecule has 1 atom stereocenters. The minimum absolute atomic E-state index is 0.189. The Labute approximate surface area is 182 Å². The number of thioether (sulfide) groups is 1. The average molecular weight is 419 g/mol. The molecule has 0 spiro atoms. The van der Waals surface area contributed by atoms with Crippen molar-refractivity contribution in [1.29, 1.82) is 0 Å². The van der Waals surface area contributed by atoms with Crippen molar-refractivity contribution < 1.29 is 9.59 Å². The van der Waals surface area contributed by atoms with Crippen molar-refractivity contribution in [3.63, 3.8) is 0 Å². The maximum Gasteiger partial charge on any atom is 0.251 e. The van der Waals surface area contributed by atoms with Crippen LogP contribution in [0.15, 0.2) is 91.0 Å². The lowest BCUT2D eigenvalue weighted by Crippen LogP contribution is -2.48. The van der Waals surface area contributed by atoms with E-state index in [0.717, 1.165) is 16.9 Å². The van der Waals surface area contributed by atoms with Gasteiger partial charge in [0.15, 0.2) is 0 Å². The number of hydrogen-bond acceptors (Lipinski definition) is 3. The summed E-state index contributed by atoms with van der Waals surface area (Å²) in [5, 5.41) is 6.06. The van der Waals surface area contributed by atoms with Crippen LogP contribution in [0.3, 0.4) is 0 Å². The first kappa shape index (κ1) is 21.7. The number of carbonyl (C=O) groups excluding carboxylic acids is 2. The van der Waals surface area contributed by atoms with Crippen LogP contribution in [-0.4, -0.2) is 29.9 Å². The Morgan fingerprint density at radius 3 is 1.77 bits per heavy atom. The molecule has 0 aliphatic carbocycles. The van der Waals surface area contributed by atoms with Gasteiger partial charge in [-0.3, -0.25) is 9.59 Å². The van der Waals surface area contributed by atoms with E-state index in [1.54, 1.807) is 23.9 Å². The molecule has 3 rings (SSSR count). The molecule has 2 amide bonds. The molecular formula is C25H26N2O2S. The number of rotatable bonds is 9. The molecule has 154 valence electrons. The molecule has 0 bridgehead atoms. The summed E-state index contributed by atoms with van der Waals surface area (Å²) in [7, 11) is 0. The van der Waals surface area contributed by atoms with Crippen LogP contribution in [0.4, 0.5) is 0 Å². The highest BCUT2D eigenvalue weighted by molar-refractivity contribution is 7.98. The molecular weight excluding hydrogens is 392 g/mol. The zero-order valence-corrected chi connectivity index (χ0v) is 17.8. The maximum atomic E-state index is 13.2. The highest BCUT2D eigenvalue weighted by Crippen LogP contribution is 2.22. The van der Waals surface area contributed by atoms with E-state index < -0.39 is 6.04 Å². The Kier molecular flexibility index (Phi) is 8.10. The van der Waals surface area contributed by atoms with Gasteiger partial charge >= 0.3 is 0 Å². The van der Waals surface area contributed by atoms with E-state index in [0.29, 0.717) is 12.0 Å². The largest absolute Gasteiger partial charge is 0.343 e. The number of amides is 2. The minimum Gasteiger partial charge on any atom is -0.343 e. The third-order valence-electron chi connectivity index (χ3n) is 4.82. The summed E-state index contributed by atoms with van der Waals surface area (Å²) in [6.07, 6.45) is 2.55. The monoisotopic (exact) mass is 418 g/mol. The van der Waals surface area contributed by atoms with Crippen LogP contribution in [0.25, 0.3) is 0 Å². The van der Waals surface area contributed by atoms with E-state index in [1.165, 1.54) is 0 Å². The fraction of sp³-hybridized carbons (Fsp3) is 0.200. The Morgan fingerprint density at radius 2 is 1.27 bits per heavy atom. The summed E-state index contributed by atoms with van der Waals surface area (Å²) < 4.78 is 0. The van der Waals surface area contributed by atoms with E-state index in [1.807, 2.05) is 85.1 Å². The zero-order valence-electron chi connectivity index (χ0n) is 17.0. The Morgan fingerprint density at radius 1 is 0.767 bits per heavy atom. The van der Waals surface area contributed by atoms with E-state index in [9.17, 15) is 9.59 Å².